The van der Waals surface area contributed by atoms with Gasteiger partial charge < -0.3 is 5.32 Å². The summed E-state index contributed by atoms with van der Waals surface area (Å²) in [4.78, 5) is 0. The molecule has 0 aromatic heterocycles. The molecule has 19 heavy (non-hydrogen) atoms. The summed E-state index contributed by atoms with van der Waals surface area (Å²) in [5.74, 6) is 0.495. The van der Waals surface area contributed by atoms with Crippen LogP contribution in [-0.4, -0.2) is 44.4 Å². The predicted octanol–water partition coefficient (Wildman–Crippen LogP) is 1.08. The Bertz CT molecular complexity index is 402. The molecule has 2 rings (SSSR count). The molecule has 6 heteroatoms. The van der Waals surface area contributed by atoms with Crippen molar-refractivity contribution < 1.29 is 8.42 Å². The number of hydrogen-bond donors (Lipinski definition) is 2. The van der Waals surface area contributed by atoms with Gasteiger partial charge in [-0.2, -0.15) is 17.4 Å². The lowest BCUT2D eigenvalue weighted by molar-refractivity contribution is 0.240. The van der Waals surface area contributed by atoms with Gasteiger partial charge in [0, 0.05) is 24.7 Å². The highest BCUT2D eigenvalue weighted by molar-refractivity contribution is 7.87. The monoisotopic (exact) mass is 289 g/mol. The zero-order chi connectivity index (χ0) is 14.1. The van der Waals surface area contributed by atoms with Gasteiger partial charge in [-0.25, -0.2) is 0 Å². The maximum absolute atomic E-state index is 12.6. The molecule has 112 valence electrons. The van der Waals surface area contributed by atoms with E-state index in [1.807, 2.05) is 20.9 Å². The second-order valence-electron chi connectivity index (χ2n) is 6.42. The largest absolute Gasteiger partial charge is 0.318 e. The number of nitrogens with one attached hydrogen (secondary N) is 2. The van der Waals surface area contributed by atoms with Crippen LogP contribution in [-0.2, 0) is 10.2 Å². The number of hydrogen-bond acceptors (Lipinski definition) is 3. The molecule has 1 aliphatic heterocycles. The summed E-state index contributed by atoms with van der Waals surface area (Å²) in [6, 6.07) is 0.0891. The lowest BCUT2D eigenvalue weighted by atomic mass is 10.0. The summed E-state index contributed by atoms with van der Waals surface area (Å²) in [6.45, 7) is 5.37. The van der Waals surface area contributed by atoms with Crippen LogP contribution >= 0.6 is 0 Å². The molecule has 1 atom stereocenters. The summed E-state index contributed by atoms with van der Waals surface area (Å²) in [5.41, 5.74) is -0.319. The van der Waals surface area contributed by atoms with Gasteiger partial charge in [0.15, 0.2) is 0 Å². The summed E-state index contributed by atoms with van der Waals surface area (Å²) >= 11 is 0. The van der Waals surface area contributed by atoms with E-state index in [4.69, 9.17) is 0 Å². The van der Waals surface area contributed by atoms with Gasteiger partial charge in [0.2, 0.25) is 0 Å². The Hall–Kier alpha value is -0.170. The first-order valence-electron chi connectivity index (χ1n) is 7.32. The Labute approximate surface area is 117 Å². The zero-order valence-electron chi connectivity index (χ0n) is 12.3. The van der Waals surface area contributed by atoms with Crippen molar-refractivity contribution in [2.24, 2.45) is 5.92 Å². The highest BCUT2D eigenvalue weighted by Gasteiger charge is 2.43. The van der Waals surface area contributed by atoms with Crippen LogP contribution in [0.1, 0.15) is 46.0 Å². The van der Waals surface area contributed by atoms with Gasteiger partial charge in [-0.1, -0.05) is 6.42 Å². The van der Waals surface area contributed by atoms with Crippen LogP contribution in [0.2, 0.25) is 0 Å². The van der Waals surface area contributed by atoms with Gasteiger partial charge in [0.05, 0.1) is 0 Å². The Balaban J connectivity index is 2.08. The normalized spacial score (nSPS) is 26.6. The SMILES string of the molecule is CNCC1CCCCN1S(=O)(=O)NC(C)(C)C1CC1. The minimum absolute atomic E-state index is 0.0891. The fraction of sp³-hybridized carbons (Fsp3) is 1.00. The summed E-state index contributed by atoms with van der Waals surface area (Å²) in [7, 11) is -1.50. The van der Waals surface area contributed by atoms with Gasteiger partial charge in [-0.15, -0.1) is 0 Å². The van der Waals surface area contributed by atoms with Crippen LogP contribution in [0.3, 0.4) is 0 Å². The lowest BCUT2D eigenvalue weighted by Gasteiger charge is -2.37. The van der Waals surface area contributed by atoms with E-state index in [0.29, 0.717) is 12.5 Å². The van der Waals surface area contributed by atoms with Crippen LogP contribution in [0.25, 0.3) is 0 Å². The van der Waals surface area contributed by atoms with E-state index in [1.165, 1.54) is 0 Å². The first-order valence-corrected chi connectivity index (χ1v) is 8.76. The summed E-state index contributed by atoms with van der Waals surface area (Å²) < 4.78 is 29.8. The maximum Gasteiger partial charge on any atom is 0.280 e. The molecule has 0 spiro atoms. The average molecular weight is 289 g/mol. The first kappa shape index (κ1) is 15.2. The molecule has 2 aliphatic rings. The molecule has 1 saturated heterocycles. The molecule has 2 N–H and O–H groups in total. The molecule has 0 aromatic carbocycles. The Morgan fingerprint density at radius 2 is 1.89 bits per heavy atom. The minimum Gasteiger partial charge on any atom is -0.318 e. The molecule has 1 saturated carbocycles. The van der Waals surface area contributed by atoms with Crippen molar-refractivity contribution in [1.82, 2.24) is 14.3 Å². The smallest absolute Gasteiger partial charge is 0.280 e. The quantitative estimate of drug-likeness (QED) is 0.769. The molecule has 1 unspecified atom stereocenters. The van der Waals surface area contributed by atoms with E-state index in [9.17, 15) is 8.42 Å². The first-order chi connectivity index (χ1) is 8.87. The van der Waals surface area contributed by atoms with E-state index in [-0.39, 0.29) is 11.6 Å². The molecule has 2 fully saturated rings. The van der Waals surface area contributed by atoms with Crippen molar-refractivity contribution in [3.63, 3.8) is 0 Å². The number of piperidine rings is 1. The highest BCUT2D eigenvalue weighted by Crippen LogP contribution is 2.39. The van der Waals surface area contributed by atoms with E-state index < -0.39 is 10.2 Å². The molecule has 0 radical (unpaired) electrons. The molecule has 1 heterocycles. The molecule has 0 amide bonds. The van der Waals surface area contributed by atoms with E-state index >= 15 is 0 Å². The van der Waals surface area contributed by atoms with Crippen LogP contribution in [0.5, 0.6) is 0 Å². The van der Waals surface area contributed by atoms with Crippen molar-refractivity contribution in [2.75, 3.05) is 20.1 Å². The van der Waals surface area contributed by atoms with Crippen molar-refractivity contribution >= 4 is 10.2 Å². The molecule has 0 aromatic rings. The second-order valence-corrected chi connectivity index (χ2v) is 8.04. The third kappa shape index (κ3) is 3.68. The second kappa shape index (κ2) is 5.68. The fourth-order valence-corrected chi connectivity index (χ4v) is 4.90. The van der Waals surface area contributed by atoms with Gasteiger partial charge in [0.1, 0.15) is 0 Å². The molecular weight excluding hydrogens is 262 g/mol. The third-order valence-corrected chi connectivity index (χ3v) is 6.19. The Morgan fingerprint density at radius 1 is 1.21 bits per heavy atom. The molecular formula is C13H27N3O2S. The summed E-state index contributed by atoms with van der Waals surface area (Å²) in [6.07, 6.45) is 5.30. The van der Waals surface area contributed by atoms with Crippen LogP contribution < -0.4 is 10.0 Å². The van der Waals surface area contributed by atoms with Crippen molar-refractivity contribution in [3.8, 4) is 0 Å². The standard InChI is InChI=1S/C13H27N3O2S/c1-13(2,11-7-8-11)15-19(17,18)16-9-5-4-6-12(16)10-14-3/h11-12,14-15H,4-10H2,1-3H3. The lowest BCUT2D eigenvalue weighted by Crippen LogP contribution is -2.57. The summed E-state index contributed by atoms with van der Waals surface area (Å²) in [5, 5.41) is 3.10. The number of likely N-dealkylation sites (N-methyl/N-ethyl adjacent to an activating group) is 1. The van der Waals surface area contributed by atoms with Gasteiger partial charge in [-0.3, -0.25) is 0 Å². The molecule has 5 nitrogen and oxygen atoms in total. The fourth-order valence-electron chi connectivity index (χ4n) is 3.01. The van der Waals surface area contributed by atoms with Gasteiger partial charge >= 0.3 is 0 Å². The van der Waals surface area contributed by atoms with E-state index in [0.717, 1.165) is 38.6 Å². The Kier molecular flexibility index (Phi) is 4.55. The zero-order valence-corrected chi connectivity index (χ0v) is 13.1. The highest BCUT2D eigenvalue weighted by atomic mass is 32.2. The third-order valence-electron chi connectivity index (χ3n) is 4.31. The van der Waals surface area contributed by atoms with Gasteiger partial charge in [0.25, 0.3) is 10.2 Å². The van der Waals surface area contributed by atoms with Crippen molar-refractivity contribution in [3.05, 3.63) is 0 Å². The minimum atomic E-state index is -3.37. The van der Waals surface area contributed by atoms with E-state index in [1.54, 1.807) is 4.31 Å². The van der Waals surface area contributed by atoms with Crippen LogP contribution in [0.15, 0.2) is 0 Å². The average Bonchev–Trinajstić information content (AvgIpc) is 3.12. The van der Waals surface area contributed by atoms with E-state index in [2.05, 4.69) is 10.0 Å². The maximum atomic E-state index is 12.6. The van der Waals surface area contributed by atoms with Gasteiger partial charge in [-0.05, 0) is 52.5 Å². The topological polar surface area (TPSA) is 61.4 Å². The number of rotatable bonds is 6. The number of nitrogens with zero attached hydrogens (tertiary/aromatic N) is 1. The van der Waals surface area contributed by atoms with Crippen molar-refractivity contribution in [1.29, 1.82) is 0 Å². The Morgan fingerprint density at radius 3 is 2.47 bits per heavy atom. The van der Waals surface area contributed by atoms with Crippen LogP contribution in [0.4, 0.5) is 0 Å². The van der Waals surface area contributed by atoms with Crippen LogP contribution in [0, 0.1) is 5.92 Å². The van der Waals surface area contributed by atoms with Crippen molar-refractivity contribution in [2.45, 2.75) is 57.5 Å². The molecule has 0 bridgehead atoms. The predicted molar refractivity (Wildman–Crippen MR) is 77.1 cm³/mol. The molecule has 1 aliphatic carbocycles.